The summed E-state index contributed by atoms with van der Waals surface area (Å²) in [5, 5.41) is 8.76. The number of carbonyl (C=O) groups is 1. The Morgan fingerprint density at radius 3 is 2.85 bits per heavy atom. The fourth-order valence-electron chi connectivity index (χ4n) is 2.01. The first-order valence-electron chi connectivity index (χ1n) is 6.22. The number of nitrogens with one attached hydrogen (secondary N) is 1. The highest BCUT2D eigenvalue weighted by Gasteiger charge is 2.19. The predicted molar refractivity (Wildman–Crippen MR) is 81.5 cm³/mol. The molecule has 0 aromatic carbocycles. The van der Waals surface area contributed by atoms with Crippen LogP contribution < -0.4 is 5.32 Å². The van der Waals surface area contributed by atoms with Gasteiger partial charge in [-0.05, 0) is 35.0 Å². The summed E-state index contributed by atoms with van der Waals surface area (Å²) < 4.78 is 5.50. The monoisotopic (exact) mass is 303 g/mol. The maximum absolute atomic E-state index is 12.0. The number of carbonyl (C=O) groups excluding carboxylic acids is 1. The predicted octanol–water partition coefficient (Wildman–Crippen LogP) is 3.96. The van der Waals surface area contributed by atoms with E-state index in [1.54, 1.807) is 17.6 Å². The first-order chi connectivity index (χ1) is 9.84. The SMILES string of the molecule is O=C(NCC(c1ccco1)c1cccs1)c1ccsc1. The van der Waals surface area contributed by atoms with Gasteiger partial charge in [-0.25, -0.2) is 0 Å². The van der Waals surface area contributed by atoms with Gasteiger partial charge in [0.2, 0.25) is 0 Å². The molecule has 1 unspecified atom stereocenters. The molecule has 3 nitrogen and oxygen atoms in total. The Bertz CT molecular complexity index is 608. The molecule has 1 atom stereocenters. The Balaban J connectivity index is 1.73. The van der Waals surface area contributed by atoms with Crippen LogP contribution in [0.4, 0.5) is 0 Å². The molecule has 0 spiro atoms. The van der Waals surface area contributed by atoms with Crippen molar-refractivity contribution in [2.75, 3.05) is 6.54 Å². The van der Waals surface area contributed by atoms with Crippen molar-refractivity contribution in [2.24, 2.45) is 0 Å². The Kier molecular flexibility index (Phi) is 3.99. The lowest BCUT2D eigenvalue weighted by atomic mass is 10.0. The van der Waals surface area contributed by atoms with E-state index in [2.05, 4.69) is 11.4 Å². The summed E-state index contributed by atoms with van der Waals surface area (Å²) in [5.74, 6) is 0.894. The Morgan fingerprint density at radius 2 is 2.20 bits per heavy atom. The number of hydrogen-bond acceptors (Lipinski definition) is 4. The largest absolute Gasteiger partial charge is 0.469 e. The van der Waals surface area contributed by atoms with Crippen molar-refractivity contribution in [1.29, 1.82) is 0 Å². The minimum absolute atomic E-state index is 0.0423. The van der Waals surface area contributed by atoms with Crippen molar-refractivity contribution >= 4 is 28.6 Å². The third-order valence-electron chi connectivity index (χ3n) is 3.02. The van der Waals surface area contributed by atoms with E-state index in [1.165, 1.54) is 16.2 Å². The van der Waals surface area contributed by atoms with Crippen LogP contribution in [0.15, 0.2) is 57.2 Å². The third kappa shape index (κ3) is 2.84. The normalized spacial score (nSPS) is 12.2. The molecule has 0 saturated carbocycles. The summed E-state index contributed by atoms with van der Waals surface area (Å²) in [4.78, 5) is 13.2. The van der Waals surface area contributed by atoms with Gasteiger partial charge >= 0.3 is 0 Å². The quantitative estimate of drug-likeness (QED) is 0.775. The highest BCUT2D eigenvalue weighted by atomic mass is 32.1. The van der Waals surface area contributed by atoms with Gasteiger partial charge in [-0.2, -0.15) is 11.3 Å². The van der Waals surface area contributed by atoms with Crippen LogP contribution in [0.3, 0.4) is 0 Å². The molecule has 3 aromatic rings. The van der Waals surface area contributed by atoms with Crippen molar-refractivity contribution < 1.29 is 9.21 Å². The summed E-state index contributed by atoms with van der Waals surface area (Å²) in [6, 6.07) is 9.72. The summed E-state index contributed by atoms with van der Waals surface area (Å²) in [6.45, 7) is 0.530. The zero-order valence-corrected chi connectivity index (χ0v) is 12.2. The van der Waals surface area contributed by atoms with Gasteiger partial charge in [-0.3, -0.25) is 4.79 Å². The van der Waals surface area contributed by atoms with Crippen LogP contribution in [0.2, 0.25) is 0 Å². The fourth-order valence-corrected chi connectivity index (χ4v) is 3.48. The van der Waals surface area contributed by atoms with E-state index < -0.39 is 0 Å². The number of amides is 1. The van der Waals surface area contributed by atoms with Crippen LogP contribution in [-0.4, -0.2) is 12.5 Å². The Morgan fingerprint density at radius 1 is 1.25 bits per heavy atom. The first-order valence-corrected chi connectivity index (χ1v) is 8.04. The van der Waals surface area contributed by atoms with Gasteiger partial charge in [0.05, 0.1) is 12.2 Å². The van der Waals surface area contributed by atoms with Gasteiger partial charge in [0.15, 0.2) is 0 Å². The minimum atomic E-state index is -0.0423. The fraction of sp³-hybridized carbons (Fsp3) is 0.133. The molecule has 0 fully saturated rings. The lowest BCUT2D eigenvalue weighted by molar-refractivity contribution is 0.0952. The van der Waals surface area contributed by atoms with E-state index in [9.17, 15) is 4.79 Å². The molecule has 0 bridgehead atoms. The minimum Gasteiger partial charge on any atom is -0.469 e. The van der Waals surface area contributed by atoms with Gasteiger partial charge in [0.25, 0.3) is 5.91 Å². The lowest BCUT2D eigenvalue weighted by Gasteiger charge is -2.13. The van der Waals surface area contributed by atoms with Crippen LogP contribution in [0.25, 0.3) is 0 Å². The topological polar surface area (TPSA) is 42.2 Å². The zero-order valence-electron chi connectivity index (χ0n) is 10.6. The van der Waals surface area contributed by atoms with Gasteiger partial charge in [-0.1, -0.05) is 6.07 Å². The second kappa shape index (κ2) is 6.07. The summed E-state index contributed by atoms with van der Waals surface area (Å²) in [5.41, 5.74) is 0.708. The number of rotatable bonds is 5. The highest BCUT2D eigenvalue weighted by molar-refractivity contribution is 7.10. The van der Waals surface area contributed by atoms with Gasteiger partial charge in [0, 0.05) is 22.4 Å². The van der Waals surface area contributed by atoms with Crippen molar-refractivity contribution in [3.63, 3.8) is 0 Å². The molecule has 5 heteroatoms. The standard InChI is InChI=1S/C15H13NO2S2/c17-15(11-5-8-19-10-11)16-9-12(13-3-1-6-18-13)14-4-2-7-20-14/h1-8,10,12H,9H2,(H,16,17). The van der Waals surface area contributed by atoms with E-state index in [4.69, 9.17) is 4.42 Å². The molecule has 0 aliphatic heterocycles. The molecule has 0 radical (unpaired) electrons. The van der Waals surface area contributed by atoms with Gasteiger partial charge < -0.3 is 9.73 Å². The lowest BCUT2D eigenvalue weighted by Crippen LogP contribution is -2.28. The second-order valence-electron chi connectivity index (χ2n) is 4.31. The van der Waals surface area contributed by atoms with E-state index in [0.29, 0.717) is 12.1 Å². The van der Waals surface area contributed by atoms with Crippen LogP contribution in [-0.2, 0) is 0 Å². The Labute approximate surface area is 124 Å². The van der Waals surface area contributed by atoms with Crippen LogP contribution in [0.5, 0.6) is 0 Å². The van der Waals surface area contributed by atoms with Crippen LogP contribution >= 0.6 is 22.7 Å². The molecule has 20 heavy (non-hydrogen) atoms. The zero-order chi connectivity index (χ0) is 13.8. The second-order valence-corrected chi connectivity index (χ2v) is 6.06. The average molecular weight is 303 g/mol. The van der Waals surface area contributed by atoms with Crippen LogP contribution in [0, 0.1) is 0 Å². The smallest absolute Gasteiger partial charge is 0.252 e. The third-order valence-corrected chi connectivity index (χ3v) is 4.69. The summed E-state index contributed by atoms with van der Waals surface area (Å²) in [7, 11) is 0. The van der Waals surface area contributed by atoms with Crippen molar-refractivity contribution in [1.82, 2.24) is 5.32 Å². The van der Waals surface area contributed by atoms with E-state index in [-0.39, 0.29) is 11.8 Å². The molecule has 1 N–H and O–H groups in total. The number of thiophene rings is 2. The maximum atomic E-state index is 12.0. The maximum Gasteiger partial charge on any atom is 0.252 e. The average Bonchev–Trinajstić information content (AvgIpc) is 3.22. The first kappa shape index (κ1) is 13.1. The molecule has 102 valence electrons. The molecule has 3 rings (SSSR count). The van der Waals surface area contributed by atoms with Crippen molar-refractivity contribution in [3.8, 4) is 0 Å². The van der Waals surface area contributed by atoms with E-state index in [0.717, 1.165) is 5.76 Å². The molecule has 1 amide bonds. The molecular formula is C15H13NO2S2. The summed E-state index contributed by atoms with van der Waals surface area (Å²) >= 11 is 3.19. The van der Waals surface area contributed by atoms with Crippen molar-refractivity contribution in [2.45, 2.75) is 5.92 Å². The Hall–Kier alpha value is -1.85. The van der Waals surface area contributed by atoms with E-state index >= 15 is 0 Å². The van der Waals surface area contributed by atoms with Crippen molar-refractivity contribution in [3.05, 3.63) is 68.9 Å². The highest BCUT2D eigenvalue weighted by Crippen LogP contribution is 2.28. The van der Waals surface area contributed by atoms with E-state index in [1.807, 2.05) is 40.4 Å². The molecule has 3 aromatic heterocycles. The number of hydrogen-bond donors (Lipinski definition) is 1. The molecule has 0 aliphatic carbocycles. The number of furan rings is 1. The molecule has 0 saturated heterocycles. The van der Waals surface area contributed by atoms with Crippen LogP contribution in [0.1, 0.15) is 26.9 Å². The molecule has 3 heterocycles. The molecule has 0 aliphatic rings. The van der Waals surface area contributed by atoms with Gasteiger partial charge in [0.1, 0.15) is 5.76 Å². The van der Waals surface area contributed by atoms with Gasteiger partial charge in [-0.15, -0.1) is 11.3 Å². The molecular weight excluding hydrogens is 290 g/mol. The summed E-state index contributed by atoms with van der Waals surface area (Å²) in [6.07, 6.45) is 1.66.